The van der Waals surface area contributed by atoms with Crippen LogP contribution in [0.25, 0.3) is 0 Å². The molecule has 2 unspecified atom stereocenters. The number of rotatable bonds is 5. The molecule has 1 aliphatic heterocycles. The van der Waals surface area contributed by atoms with Crippen molar-refractivity contribution in [3.63, 3.8) is 0 Å². The Bertz CT molecular complexity index is 418. The highest BCUT2D eigenvalue weighted by Gasteiger charge is 2.25. The van der Waals surface area contributed by atoms with Crippen LogP contribution in [0.4, 0.5) is 0 Å². The van der Waals surface area contributed by atoms with E-state index in [0.29, 0.717) is 18.4 Å². The van der Waals surface area contributed by atoms with Gasteiger partial charge in [-0.05, 0) is 43.2 Å². The van der Waals surface area contributed by atoms with E-state index in [-0.39, 0.29) is 12.0 Å². The monoisotopic (exact) mass is 275 g/mol. The fourth-order valence-electron chi connectivity index (χ4n) is 2.67. The summed E-state index contributed by atoms with van der Waals surface area (Å²) in [5.41, 5.74) is 1.30. The number of hydrogen-bond acceptors (Lipinski definition) is 3. The van der Waals surface area contributed by atoms with Gasteiger partial charge in [-0.3, -0.25) is 4.79 Å². The third-order valence-corrected chi connectivity index (χ3v) is 4.11. The maximum atomic E-state index is 12.0. The zero-order chi connectivity index (χ0) is 14.4. The minimum atomic E-state index is -0.106. The highest BCUT2D eigenvalue weighted by atomic mass is 16.5. The van der Waals surface area contributed by atoms with Gasteiger partial charge in [0.1, 0.15) is 6.04 Å². The van der Waals surface area contributed by atoms with Crippen molar-refractivity contribution in [2.45, 2.75) is 45.1 Å². The van der Waals surface area contributed by atoms with Crippen LogP contribution in [0.3, 0.4) is 0 Å². The van der Waals surface area contributed by atoms with Crippen LogP contribution in [0, 0.1) is 5.92 Å². The molecule has 2 rings (SSSR count). The Morgan fingerprint density at radius 3 is 2.85 bits per heavy atom. The molecule has 0 saturated carbocycles. The lowest BCUT2D eigenvalue weighted by Gasteiger charge is -2.26. The lowest BCUT2D eigenvalue weighted by molar-refractivity contribution is -0.147. The molecule has 1 N–H and O–H groups in total. The first-order chi connectivity index (χ1) is 9.66. The highest BCUT2D eigenvalue weighted by molar-refractivity contribution is 5.75. The lowest BCUT2D eigenvalue weighted by atomic mass is 9.94. The van der Waals surface area contributed by atoms with Crippen LogP contribution >= 0.6 is 0 Å². The summed E-state index contributed by atoms with van der Waals surface area (Å²) in [6, 6.07) is 10.3. The molecule has 20 heavy (non-hydrogen) atoms. The zero-order valence-electron chi connectivity index (χ0n) is 12.5. The first-order valence-corrected chi connectivity index (χ1v) is 7.61. The molecule has 0 spiro atoms. The van der Waals surface area contributed by atoms with Crippen molar-refractivity contribution in [2.24, 2.45) is 5.92 Å². The van der Waals surface area contributed by atoms with E-state index in [1.54, 1.807) is 0 Å². The molecular formula is C17H25NO2. The average Bonchev–Trinajstić information content (AvgIpc) is 2.48. The van der Waals surface area contributed by atoms with E-state index >= 15 is 0 Å². The number of nitrogens with one attached hydrogen (secondary N) is 1. The van der Waals surface area contributed by atoms with Gasteiger partial charge in [-0.1, -0.05) is 44.2 Å². The smallest absolute Gasteiger partial charge is 0.323 e. The topological polar surface area (TPSA) is 38.3 Å². The van der Waals surface area contributed by atoms with Crippen molar-refractivity contribution in [3.05, 3.63) is 35.9 Å². The molecule has 1 aromatic rings. The molecule has 0 aliphatic carbocycles. The van der Waals surface area contributed by atoms with Gasteiger partial charge in [0.25, 0.3) is 0 Å². The van der Waals surface area contributed by atoms with Crippen LogP contribution < -0.4 is 5.32 Å². The molecule has 0 radical (unpaired) electrons. The van der Waals surface area contributed by atoms with Crippen LogP contribution in [-0.2, 0) is 9.53 Å². The third-order valence-electron chi connectivity index (χ3n) is 4.11. The Kier molecular flexibility index (Phi) is 5.60. The number of benzene rings is 1. The van der Waals surface area contributed by atoms with E-state index in [9.17, 15) is 4.79 Å². The number of piperidine rings is 1. The lowest BCUT2D eigenvalue weighted by Crippen LogP contribution is -2.44. The normalized spacial score (nSPS) is 24.1. The number of hydrogen-bond donors (Lipinski definition) is 1. The Morgan fingerprint density at radius 1 is 1.40 bits per heavy atom. The summed E-state index contributed by atoms with van der Waals surface area (Å²) in [5, 5.41) is 3.24. The van der Waals surface area contributed by atoms with Gasteiger partial charge in [0.05, 0.1) is 6.61 Å². The molecule has 1 aliphatic rings. The van der Waals surface area contributed by atoms with Gasteiger partial charge < -0.3 is 10.1 Å². The minimum absolute atomic E-state index is 0.0863. The van der Waals surface area contributed by atoms with Crippen molar-refractivity contribution in [1.82, 2.24) is 5.32 Å². The van der Waals surface area contributed by atoms with Crippen LogP contribution in [0.2, 0.25) is 0 Å². The molecule has 0 amide bonds. The Hall–Kier alpha value is -1.35. The van der Waals surface area contributed by atoms with Crippen molar-refractivity contribution in [3.8, 4) is 0 Å². The fourth-order valence-corrected chi connectivity index (χ4v) is 2.67. The molecule has 0 aromatic heterocycles. The molecule has 3 heteroatoms. The van der Waals surface area contributed by atoms with E-state index < -0.39 is 0 Å². The highest BCUT2D eigenvalue weighted by Crippen LogP contribution is 2.19. The van der Waals surface area contributed by atoms with Gasteiger partial charge in [-0.25, -0.2) is 0 Å². The SMILES string of the molecule is CC1CCNC(C(=O)OCC[C@H](C)c2ccccc2)C1. The summed E-state index contributed by atoms with van der Waals surface area (Å²) in [4.78, 5) is 12.0. The van der Waals surface area contributed by atoms with Crippen molar-refractivity contribution in [1.29, 1.82) is 0 Å². The molecule has 0 bridgehead atoms. The molecule has 3 atom stereocenters. The van der Waals surface area contributed by atoms with Crippen molar-refractivity contribution < 1.29 is 9.53 Å². The van der Waals surface area contributed by atoms with E-state index in [2.05, 4.69) is 31.3 Å². The van der Waals surface area contributed by atoms with Gasteiger partial charge in [0.15, 0.2) is 0 Å². The maximum absolute atomic E-state index is 12.0. The first kappa shape index (κ1) is 15.0. The second kappa shape index (κ2) is 7.44. The number of carbonyl (C=O) groups is 1. The second-order valence-electron chi connectivity index (χ2n) is 5.90. The van der Waals surface area contributed by atoms with Gasteiger partial charge in [-0.15, -0.1) is 0 Å². The summed E-state index contributed by atoms with van der Waals surface area (Å²) in [7, 11) is 0. The fraction of sp³-hybridized carbons (Fsp3) is 0.588. The van der Waals surface area contributed by atoms with Crippen LogP contribution in [-0.4, -0.2) is 25.2 Å². The summed E-state index contributed by atoms with van der Waals surface area (Å²) in [5.74, 6) is 0.941. The summed E-state index contributed by atoms with van der Waals surface area (Å²) < 4.78 is 5.42. The minimum Gasteiger partial charge on any atom is -0.465 e. The molecule has 3 nitrogen and oxygen atoms in total. The predicted octanol–water partition coefficient (Wildman–Crippen LogP) is 3.11. The molecule has 110 valence electrons. The molecule has 1 heterocycles. The Labute approximate surface area is 121 Å². The van der Waals surface area contributed by atoms with Crippen LogP contribution in [0.1, 0.15) is 44.6 Å². The molecular weight excluding hydrogens is 250 g/mol. The number of ether oxygens (including phenoxy) is 1. The summed E-state index contributed by atoms with van der Waals surface area (Å²) in [6.45, 7) is 5.78. The quantitative estimate of drug-likeness (QED) is 0.839. The van der Waals surface area contributed by atoms with E-state index in [1.165, 1.54) is 5.56 Å². The largest absolute Gasteiger partial charge is 0.465 e. The Morgan fingerprint density at radius 2 is 2.15 bits per heavy atom. The number of esters is 1. The first-order valence-electron chi connectivity index (χ1n) is 7.61. The van der Waals surface area contributed by atoms with Crippen LogP contribution in [0.15, 0.2) is 30.3 Å². The van der Waals surface area contributed by atoms with Gasteiger partial charge in [-0.2, -0.15) is 0 Å². The maximum Gasteiger partial charge on any atom is 0.323 e. The van der Waals surface area contributed by atoms with Gasteiger partial charge >= 0.3 is 5.97 Å². The summed E-state index contributed by atoms with van der Waals surface area (Å²) >= 11 is 0. The number of carbonyl (C=O) groups excluding carboxylic acids is 1. The molecule has 1 aromatic carbocycles. The summed E-state index contributed by atoms with van der Waals surface area (Å²) in [6.07, 6.45) is 2.92. The van der Waals surface area contributed by atoms with Gasteiger partial charge in [0.2, 0.25) is 0 Å². The van der Waals surface area contributed by atoms with Gasteiger partial charge in [0, 0.05) is 0 Å². The zero-order valence-corrected chi connectivity index (χ0v) is 12.5. The molecule has 1 saturated heterocycles. The second-order valence-corrected chi connectivity index (χ2v) is 5.90. The van der Waals surface area contributed by atoms with E-state index in [4.69, 9.17) is 4.74 Å². The third kappa shape index (κ3) is 4.34. The average molecular weight is 275 g/mol. The Balaban J connectivity index is 1.71. The van der Waals surface area contributed by atoms with E-state index in [0.717, 1.165) is 25.8 Å². The predicted molar refractivity (Wildman–Crippen MR) is 80.6 cm³/mol. The van der Waals surface area contributed by atoms with Crippen molar-refractivity contribution >= 4 is 5.97 Å². The van der Waals surface area contributed by atoms with Crippen molar-refractivity contribution in [2.75, 3.05) is 13.2 Å². The standard InChI is InChI=1S/C17H25NO2/c1-13-8-10-18-16(12-13)17(19)20-11-9-14(2)15-6-4-3-5-7-15/h3-7,13-14,16,18H,8-12H2,1-2H3/t13?,14-,16?/m0/s1. The molecule has 1 fully saturated rings. The van der Waals surface area contributed by atoms with Crippen LogP contribution in [0.5, 0.6) is 0 Å². The van der Waals surface area contributed by atoms with E-state index in [1.807, 2.05) is 18.2 Å².